The topological polar surface area (TPSA) is 75.4 Å². The lowest BCUT2D eigenvalue weighted by molar-refractivity contribution is -0.384. The van der Waals surface area contributed by atoms with Crippen LogP contribution >= 0.6 is 11.6 Å². The van der Waals surface area contributed by atoms with Gasteiger partial charge in [-0.2, -0.15) is 0 Å². The maximum absolute atomic E-state index is 10.6. The smallest absolute Gasteiger partial charge is 0.269 e. The van der Waals surface area contributed by atoms with Crippen LogP contribution in [0.4, 0.5) is 5.69 Å². The number of nitrogens with one attached hydrogen (secondary N) is 1. The van der Waals surface area contributed by atoms with Gasteiger partial charge in [-0.1, -0.05) is 11.6 Å². The number of benzene rings is 1. The summed E-state index contributed by atoms with van der Waals surface area (Å²) in [6, 6.07) is 4.26. The Bertz CT molecular complexity index is 432. The minimum Gasteiger partial charge on any atom is -0.387 e. The van der Waals surface area contributed by atoms with Crippen LogP contribution in [0.3, 0.4) is 0 Å². The van der Waals surface area contributed by atoms with Crippen molar-refractivity contribution in [3.05, 3.63) is 38.9 Å². The predicted molar refractivity (Wildman–Crippen MR) is 59.6 cm³/mol. The van der Waals surface area contributed by atoms with E-state index in [9.17, 15) is 15.2 Å². The Morgan fingerprint density at radius 3 is 2.75 bits per heavy atom. The second-order valence-electron chi connectivity index (χ2n) is 4.04. The van der Waals surface area contributed by atoms with E-state index in [1.165, 1.54) is 18.2 Å². The standard InChI is InChI=1S/C10H11ClN2O3/c11-9-2-1-8(13(15)16)3-7(9)4-10(14)5-12-6-10/h1-3,12,14H,4-6H2. The molecule has 0 atom stereocenters. The summed E-state index contributed by atoms with van der Waals surface area (Å²) in [5.74, 6) is 0. The summed E-state index contributed by atoms with van der Waals surface area (Å²) < 4.78 is 0. The van der Waals surface area contributed by atoms with E-state index in [0.717, 1.165) is 0 Å². The van der Waals surface area contributed by atoms with Crippen LogP contribution in [0.2, 0.25) is 5.02 Å². The normalized spacial score (nSPS) is 17.9. The van der Waals surface area contributed by atoms with Gasteiger partial charge in [-0.15, -0.1) is 0 Å². The zero-order valence-electron chi connectivity index (χ0n) is 8.44. The predicted octanol–water partition coefficient (Wildman–Crippen LogP) is 1.12. The van der Waals surface area contributed by atoms with Crippen LogP contribution in [0.15, 0.2) is 18.2 Å². The molecule has 2 rings (SSSR count). The Morgan fingerprint density at radius 2 is 2.25 bits per heavy atom. The van der Waals surface area contributed by atoms with Crippen LogP contribution in [0, 0.1) is 10.1 Å². The lowest BCUT2D eigenvalue weighted by atomic mass is 9.89. The van der Waals surface area contributed by atoms with E-state index in [-0.39, 0.29) is 5.69 Å². The number of hydrogen-bond acceptors (Lipinski definition) is 4. The van der Waals surface area contributed by atoms with E-state index in [1.54, 1.807) is 0 Å². The number of nitro benzene ring substituents is 1. The minimum absolute atomic E-state index is 0.00437. The molecular weight excluding hydrogens is 232 g/mol. The average molecular weight is 243 g/mol. The Balaban J connectivity index is 2.25. The van der Waals surface area contributed by atoms with Gasteiger partial charge in [-0.05, 0) is 11.6 Å². The molecular formula is C10H11ClN2O3. The molecule has 1 aliphatic rings. The number of β-amino-alcohol motifs (C(OH)–C–C–N with tert-alkyl or cyclic N) is 1. The van der Waals surface area contributed by atoms with Crippen molar-refractivity contribution >= 4 is 17.3 Å². The second kappa shape index (κ2) is 4.01. The molecule has 1 heterocycles. The number of rotatable bonds is 3. The zero-order valence-corrected chi connectivity index (χ0v) is 9.20. The highest BCUT2D eigenvalue weighted by molar-refractivity contribution is 6.31. The van der Waals surface area contributed by atoms with Gasteiger partial charge >= 0.3 is 0 Å². The Kier molecular flexibility index (Phi) is 2.84. The summed E-state index contributed by atoms with van der Waals surface area (Å²) in [4.78, 5) is 10.1. The van der Waals surface area contributed by atoms with Crippen LogP contribution in [-0.4, -0.2) is 28.7 Å². The molecule has 1 saturated heterocycles. The number of halogens is 1. The molecule has 16 heavy (non-hydrogen) atoms. The third kappa shape index (κ3) is 2.16. The quantitative estimate of drug-likeness (QED) is 0.615. The van der Waals surface area contributed by atoms with Crippen LogP contribution in [-0.2, 0) is 6.42 Å². The molecule has 0 saturated carbocycles. The van der Waals surface area contributed by atoms with E-state index < -0.39 is 10.5 Å². The third-order valence-corrected chi connectivity index (χ3v) is 3.04. The molecule has 0 aliphatic carbocycles. The van der Waals surface area contributed by atoms with Crippen LogP contribution < -0.4 is 5.32 Å². The maximum Gasteiger partial charge on any atom is 0.269 e. The number of aliphatic hydroxyl groups is 1. The SMILES string of the molecule is O=[N+]([O-])c1ccc(Cl)c(CC2(O)CNC2)c1. The monoisotopic (exact) mass is 242 g/mol. The summed E-state index contributed by atoms with van der Waals surface area (Å²) in [7, 11) is 0. The zero-order chi connectivity index (χ0) is 11.8. The van der Waals surface area contributed by atoms with Gasteiger partial charge in [0.2, 0.25) is 0 Å². The van der Waals surface area contributed by atoms with Gasteiger partial charge < -0.3 is 10.4 Å². The molecule has 1 aromatic rings. The lowest BCUT2D eigenvalue weighted by Gasteiger charge is -2.37. The molecule has 1 fully saturated rings. The molecule has 6 heteroatoms. The number of nitrogens with zero attached hydrogens (tertiary/aromatic N) is 1. The minimum atomic E-state index is -0.821. The lowest BCUT2D eigenvalue weighted by Crippen LogP contribution is -2.60. The van der Waals surface area contributed by atoms with Crippen molar-refractivity contribution in [2.75, 3.05) is 13.1 Å². The molecule has 0 amide bonds. The highest BCUT2D eigenvalue weighted by atomic mass is 35.5. The van der Waals surface area contributed by atoms with Crippen molar-refractivity contribution in [2.24, 2.45) is 0 Å². The van der Waals surface area contributed by atoms with Crippen molar-refractivity contribution in [3.63, 3.8) is 0 Å². The van der Waals surface area contributed by atoms with Gasteiger partial charge in [0.25, 0.3) is 5.69 Å². The van der Waals surface area contributed by atoms with Crippen LogP contribution in [0.25, 0.3) is 0 Å². The molecule has 0 spiro atoms. The van der Waals surface area contributed by atoms with Gasteiger partial charge in [0.1, 0.15) is 0 Å². The summed E-state index contributed by atoms with van der Waals surface area (Å²) in [6.07, 6.45) is 0.334. The molecule has 0 bridgehead atoms. The first-order valence-corrected chi connectivity index (χ1v) is 5.24. The molecule has 5 nitrogen and oxygen atoms in total. The van der Waals surface area contributed by atoms with Crippen molar-refractivity contribution in [3.8, 4) is 0 Å². The fraction of sp³-hybridized carbons (Fsp3) is 0.400. The van der Waals surface area contributed by atoms with Crippen molar-refractivity contribution in [2.45, 2.75) is 12.0 Å². The molecule has 2 N–H and O–H groups in total. The van der Waals surface area contributed by atoms with E-state index in [1.807, 2.05) is 0 Å². The Labute approximate surface area is 97.2 Å². The van der Waals surface area contributed by atoms with Gasteiger partial charge in [0.05, 0.1) is 10.5 Å². The van der Waals surface area contributed by atoms with Crippen LogP contribution in [0.5, 0.6) is 0 Å². The van der Waals surface area contributed by atoms with E-state index in [0.29, 0.717) is 30.1 Å². The van der Waals surface area contributed by atoms with Crippen LogP contribution in [0.1, 0.15) is 5.56 Å². The van der Waals surface area contributed by atoms with Gasteiger partial charge in [0, 0.05) is 36.7 Å². The number of hydrogen-bond donors (Lipinski definition) is 2. The third-order valence-electron chi connectivity index (χ3n) is 2.67. The van der Waals surface area contributed by atoms with E-state index >= 15 is 0 Å². The maximum atomic E-state index is 10.6. The summed E-state index contributed by atoms with van der Waals surface area (Å²) >= 11 is 5.93. The Morgan fingerprint density at radius 1 is 1.56 bits per heavy atom. The second-order valence-corrected chi connectivity index (χ2v) is 4.44. The van der Waals surface area contributed by atoms with Crippen molar-refractivity contribution < 1.29 is 10.0 Å². The Hall–Kier alpha value is -1.17. The molecule has 0 unspecified atom stereocenters. The summed E-state index contributed by atoms with van der Waals surface area (Å²) in [5.41, 5.74) is -0.214. The molecule has 0 radical (unpaired) electrons. The van der Waals surface area contributed by atoms with Gasteiger partial charge in [-0.3, -0.25) is 10.1 Å². The first-order chi connectivity index (χ1) is 7.50. The van der Waals surface area contributed by atoms with E-state index in [4.69, 9.17) is 11.6 Å². The highest BCUT2D eigenvalue weighted by Gasteiger charge is 2.35. The molecule has 1 aliphatic heterocycles. The summed E-state index contributed by atoms with van der Waals surface area (Å²) in [6.45, 7) is 0.984. The van der Waals surface area contributed by atoms with Crippen molar-refractivity contribution in [1.29, 1.82) is 0 Å². The number of nitro groups is 1. The molecule has 86 valence electrons. The molecule has 0 aromatic heterocycles. The van der Waals surface area contributed by atoms with Gasteiger partial charge in [0.15, 0.2) is 0 Å². The fourth-order valence-corrected chi connectivity index (χ4v) is 1.89. The van der Waals surface area contributed by atoms with E-state index in [2.05, 4.69) is 5.32 Å². The van der Waals surface area contributed by atoms with Gasteiger partial charge in [-0.25, -0.2) is 0 Å². The first kappa shape index (κ1) is 11.3. The highest BCUT2D eigenvalue weighted by Crippen LogP contribution is 2.27. The first-order valence-electron chi connectivity index (χ1n) is 4.86. The fourth-order valence-electron chi connectivity index (χ4n) is 1.70. The number of non-ortho nitro benzene ring substituents is 1. The largest absolute Gasteiger partial charge is 0.387 e. The van der Waals surface area contributed by atoms with Crippen molar-refractivity contribution in [1.82, 2.24) is 5.32 Å². The average Bonchev–Trinajstić information content (AvgIpc) is 2.18. The molecule has 1 aromatic carbocycles. The summed E-state index contributed by atoms with van der Waals surface area (Å²) in [5, 5.41) is 23.9.